The molecule has 9 rings (SSSR count). The highest BCUT2D eigenvalue weighted by Crippen LogP contribution is 2.62. The summed E-state index contributed by atoms with van der Waals surface area (Å²) >= 11 is 0. The summed E-state index contributed by atoms with van der Waals surface area (Å²) in [4.78, 5) is 34.2. The lowest BCUT2D eigenvalue weighted by molar-refractivity contribution is -0.384. The molecule has 6 unspecified atom stereocenters. The van der Waals surface area contributed by atoms with Crippen LogP contribution in [-0.2, 0) is 27.5 Å². The second-order valence-corrected chi connectivity index (χ2v) is 19.0. The van der Waals surface area contributed by atoms with E-state index < -0.39 is 28.8 Å². The third kappa shape index (κ3) is 11.0. The molecule has 1 amide bonds. The van der Waals surface area contributed by atoms with Gasteiger partial charge in [0.15, 0.2) is 0 Å². The van der Waals surface area contributed by atoms with Crippen LogP contribution in [0.3, 0.4) is 0 Å². The van der Waals surface area contributed by atoms with Gasteiger partial charge in [-0.3, -0.25) is 15.0 Å². The lowest BCUT2D eigenvalue weighted by Gasteiger charge is -2.59. The molecule has 2 aliphatic carbocycles. The van der Waals surface area contributed by atoms with Crippen LogP contribution in [-0.4, -0.2) is 70.1 Å². The van der Waals surface area contributed by atoms with Gasteiger partial charge in [-0.2, -0.15) is 0 Å². The summed E-state index contributed by atoms with van der Waals surface area (Å²) in [6.07, 6.45) is 9.98. The normalized spacial score (nSPS) is 21.3. The predicted octanol–water partition coefficient (Wildman–Crippen LogP) is 12.7. The van der Waals surface area contributed by atoms with Crippen molar-refractivity contribution in [1.29, 1.82) is 0 Å². The molecule has 2 N–H and O–H groups in total. The summed E-state index contributed by atoms with van der Waals surface area (Å²) in [5.74, 6) is -0.618. The Kier molecular flexibility index (Phi) is 16.3. The summed E-state index contributed by atoms with van der Waals surface area (Å²) in [5.41, 5.74) is 3.91. The zero-order valence-corrected chi connectivity index (χ0v) is 41.1. The van der Waals surface area contributed by atoms with Crippen molar-refractivity contribution in [3.05, 3.63) is 191 Å². The topological polar surface area (TPSA) is 162 Å². The number of carbonyl (C=O) groups excluding carboxylic acids is 1. The standard InChI is InChI=1S/C60H63N3O10/c1-3-5-34-69-59(66)62(39-46-20-14-19-43-16-8-9-21-50(43)46)56-38-54(61-71-40-41-23-26-47(27-24-41)63(67)68)52-36-45(18-10-12-31-64)51(22-11-13-32-65)57-53-37-49(72-48-28-25-42-15-6-7-17-44(42)35-48)29-30-55(53)73-60(56,58(52)57)70-33-4-2/h3-4,6-9,14-17,19-21,23-30,35-37,45,51,56-58,64-65H,1-2,5,10-13,18,22,31-34,38-40H2. The SMILES string of the molecule is C=CCCOC(=O)N(Cc1cccc2ccccc12)C1CC(=NOCc2ccc([N+](=O)[O-])cc2)C2=CC(CCCCO)C(CCCCO)C3c4cc(Oc5ccc6ccccc6c5)ccc4OC1(OCC=C)C23. The third-order valence-corrected chi connectivity index (χ3v) is 14.5. The Morgan fingerprint density at radius 3 is 2.33 bits per heavy atom. The lowest BCUT2D eigenvalue weighted by Crippen LogP contribution is -2.70. The molecule has 1 saturated carbocycles. The highest BCUT2D eigenvalue weighted by molar-refractivity contribution is 6.03. The van der Waals surface area contributed by atoms with Crippen LogP contribution in [0.25, 0.3) is 21.5 Å². The van der Waals surface area contributed by atoms with Crippen LogP contribution in [0, 0.1) is 27.9 Å². The highest BCUT2D eigenvalue weighted by atomic mass is 16.7. The van der Waals surface area contributed by atoms with Crippen molar-refractivity contribution in [2.24, 2.45) is 22.9 Å². The zero-order chi connectivity index (χ0) is 50.7. The smallest absolute Gasteiger partial charge is 0.410 e. The van der Waals surface area contributed by atoms with Crippen molar-refractivity contribution in [3.8, 4) is 17.2 Å². The monoisotopic (exact) mass is 985 g/mol. The molecule has 378 valence electrons. The first-order valence-corrected chi connectivity index (χ1v) is 25.4. The van der Waals surface area contributed by atoms with Crippen molar-refractivity contribution >= 4 is 39.0 Å². The fraction of sp³-hybridized carbons (Fsp3) is 0.333. The number of allylic oxidation sites excluding steroid dienone is 1. The molecule has 6 atom stereocenters. The predicted molar refractivity (Wildman–Crippen MR) is 283 cm³/mol. The van der Waals surface area contributed by atoms with Gasteiger partial charge < -0.3 is 34.0 Å². The number of amides is 1. The van der Waals surface area contributed by atoms with Crippen LogP contribution in [0.15, 0.2) is 170 Å². The van der Waals surface area contributed by atoms with Crippen molar-refractivity contribution in [2.75, 3.05) is 26.4 Å². The first-order valence-electron chi connectivity index (χ1n) is 25.4. The van der Waals surface area contributed by atoms with E-state index in [9.17, 15) is 20.3 Å². The van der Waals surface area contributed by atoms with E-state index >= 15 is 4.79 Å². The second kappa shape index (κ2) is 23.5. The van der Waals surface area contributed by atoms with Gasteiger partial charge >= 0.3 is 6.09 Å². The zero-order valence-electron chi connectivity index (χ0n) is 41.1. The van der Waals surface area contributed by atoms with Gasteiger partial charge in [-0.25, -0.2) is 4.79 Å². The first-order chi connectivity index (χ1) is 35.7. The number of ether oxygens (including phenoxy) is 4. The van der Waals surface area contributed by atoms with E-state index in [4.69, 9.17) is 28.9 Å². The number of aliphatic hydroxyl groups is 2. The molecule has 3 aliphatic rings. The Hall–Kier alpha value is -7.32. The molecular formula is C60H63N3O10. The van der Waals surface area contributed by atoms with Crippen molar-refractivity contribution in [2.45, 2.75) is 82.3 Å². The number of hydrogen-bond acceptors (Lipinski definition) is 11. The molecule has 0 spiro atoms. The molecule has 1 aliphatic heterocycles. The van der Waals surface area contributed by atoms with Crippen molar-refractivity contribution in [3.63, 3.8) is 0 Å². The van der Waals surface area contributed by atoms with E-state index in [1.807, 2.05) is 84.9 Å². The van der Waals surface area contributed by atoms with E-state index in [0.29, 0.717) is 47.8 Å². The number of nitrogens with zero attached hydrogens (tertiary/aromatic N) is 3. The van der Waals surface area contributed by atoms with Gasteiger partial charge in [0.25, 0.3) is 5.69 Å². The highest BCUT2D eigenvalue weighted by Gasteiger charge is 2.65. The number of rotatable bonds is 23. The molecule has 1 heterocycles. The summed E-state index contributed by atoms with van der Waals surface area (Å²) < 4.78 is 27.6. The number of non-ortho nitro benzene ring substituents is 1. The second-order valence-electron chi connectivity index (χ2n) is 19.0. The average Bonchev–Trinajstić information content (AvgIpc) is 3.41. The van der Waals surface area contributed by atoms with Crippen LogP contribution >= 0.6 is 0 Å². The summed E-state index contributed by atoms with van der Waals surface area (Å²) in [5, 5.41) is 40.8. The van der Waals surface area contributed by atoms with Gasteiger partial charge in [-0.15, -0.1) is 13.2 Å². The average molecular weight is 986 g/mol. The molecule has 0 saturated heterocycles. The molecule has 6 aromatic rings. The van der Waals surface area contributed by atoms with Gasteiger partial charge in [0.1, 0.15) is 29.9 Å². The van der Waals surface area contributed by atoms with E-state index in [1.54, 1.807) is 29.2 Å². The van der Waals surface area contributed by atoms with Crippen molar-refractivity contribution in [1.82, 2.24) is 4.90 Å². The maximum Gasteiger partial charge on any atom is 0.410 e. The Bertz CT molecular complexity index is 2980. The maximum absolute atomic E-state index is 15.1. The number of carbonyl (C=O) groups is 1. The van der Waals surface area contributed by atoms with Crippen LogP contribution in [0.5, 0.6) is 17.2 Å². The third-order valence-electron chi connectivity index (χ3n) is 14.5. The van der Waals surface area contributed by atoms with E-state index in [0.717, 1.165) is 63.9 Å². The molecule has 0 aromatic heterocycles. The van der Waals surface area contributed by atoms with E-state index in [2.05, 4.69) is 37.4 Å². The van der Waals surface area contributed by atoms with Gasteiger partial charge in [0.05, 0.1) is 36.3 Å². The first kappa shape index (κ1) is 50.6. The Morgan fingerprint density at radius 1 is 0.836 bits per heavy atom. The van der Waals surface area contributed by atoms with Crippen molar-refractivity contribution < 1.29 is 43.7 Å². The Balaban J connectivity index is 1.24. The van der Waals surface area contributed by atoms with E-state index in [-0.39, 0.29) is 69.4 Å². The quantitative estimate of drug-likeness (QED) is 0.0273. The summed E-state index contributed by atoms with van der Waals surface area (Å²) in [6, 6.07) is 39.5. The molecular weight excluding hydrogens is 923 g/mol. The number of oxime groups is 1. The van der Waals surface area contributed by atoms with Crippen LogP contribution in [0.1, 0.15) is 74.0 Å². The van der Waals surface area contributed by atoms with Gasteiger partial charge in [-0.05, 0) is 125 Å². The minimum atomic E-state index is -1.55. The molecule has 6 aromatic carbocycles. The fourth-order valence-electron chi connectivity index (χ4n) is 11.2. The van der Waals surface area contributed by atoms with Crippen LogP contribution in [0.4, 0.5) is 10.5 Å². The van der Waals surface area contributed by atoms with Gasteiger partial charge in [0.2, 0.25) is 5.79 Å². The summed E-state index contributed by atoms with van der Waals surface area (Å²) in [6.45, 7) is 8.41. The number of nitro groups is 1. The minimum Gasteiger partial charge on any atom is -0.459 e. The maximum atomic E-state index is 15.1. The number of benzene rings is 6. The van der Waals surface area contributed by atoms with Gasteiger partial charge in [0, 0.05) is 43.2 Å². The Morgan fingerprint density at radius 2 is 1.56 bits per heavy atom. The number of nitro benzene ring substituents is 1. The van der Waals surface area contributed by atoms with Crippen LogP contribution < -0.4 is 9.47 Å². The largest absolute Gasteiger partial charge is 0.459 e. The number of aliphatic hydroxyl groups excluding tert-OH is 2. The molecule has 13 heteroatoms. The molecule has 13 nitrogen and oxygen atoms in total. The molecule has 73 heavy (non-hydrogen) atoms. The minimum absolute atomic E-state index is 0.0123. The van der Waals surface area contributed by atoms with E-state index in [1.165, 1.54) is 12.1 Å². The number of fused-ring (bicyclic) bond motifs is 4. The molecule has 0 radical (unpaired) electrons. The Labute approximate surface area is 426 Å². The molecule has 0 bridgehead atoms. The van der Waals surface area contributed by atoms with Crippen LogP contribution in [0.2, 0.25) is 0 Å². The number of hydrogen-bond donors (Lipinski definition) is 2. The molecule has 1 fully saturated rings. The van der Waals surface area contributed by atoms with Gasteiger partial charge in [-0.1, -0.05) is 109 Å². The summed E-state index contributed by atoms with van der Waals surface area (Å²) in [7, 11) is 0. The fourth-order valence-corrected chi connectivity index (χ4v) is 11.2. The lowest BCUT2D eigenvalue weighted by atomic mass is 9.55. The number of unbranched alkanes of at least 4 members (excludes halogenated alkanes) is 2.